The number of thiazole rings is 1. The Morgan fingerprint density at radius 2 is 2.53 bits per heavy atom. The van der Waals surface area contributed by atoms with E-state index in [-0.39, 0.29) is 0 Å². The molecule has 3 nitrogen and oxygen atoms in total. The highest BCUT2D eigenvalue weighted by Crippen LogP contribution is 2.29. The Labute approximate surface area is 95.5 Å². The van der Waals surface area contributed by atoms with Crippen LogP contribution in [-0.4, -0.2) is 37.1 Å². The fraction of sp³-hybridized carbons (Fsp3) is 0.727. The van der Waals surface area contributed by atoms with Crippen LogP contribution in [0.5, 0.6) is 0 Å². The number of likely N-dealkylation sites (tertiary alicyclic amines) is 1. The molecular weight excluding hydrogens is 206 g/mol. The maximum absolute atomic E-state index is 4.54. The summed E-state index contributed by atoms with van der Waals surface area (Å²) in [6.07, 6.45) is 4.63. The molecule has 0 radical (unpaired) electrons. The molecule has 0 aliphatic carbocycles. The Morgan fingerprint density at radius 1 is 1.67 bits per heavy atom. The molecule has 1 atom stereocenters. The van der Waals surface area contributed by atoms with E-state index in [0.717, 1.165) is 6.54 Å². The van der Waals surface area contributed by atoms with Crippen LogP contribution in [0.25, 0.3) is 0 Å². The first kappa shape index (κ1) is 11.0. The second-order valence-corrected chi connectivity index (χ2v) is 5.44. The van der Waals surface area contributed by atoms with Gasteiger partial charge in [-0.2, -0.15) is 0 Å². The van der Waals surface area contributed by atoms with Crippen molar-refractivity contribution in [1.82, 2.24) is 15.2 Å². The molecule has 84 valence electrons. The molecule has 2 heterocycles. The SMILES string of the molecule is CNCc1cnc(C2CCCN(C)C2)s1. The Kier molecular flexibility index (Phi) is 3.72. The number of nitrogens with zero attached hydrogens (tertiary/aromatic N) is 2. The molecule has 1 N–H and O–H groups in total. The van der Waals surface area contributed by atoms with E-state index in [1.54, 1.807) is 0 Å². The van der Waals surface area contributed by atoms with Gasteiger partial charge in [-0.1, -0.05) is 0 Å². The quantitative estimate of drug-likeness (QED) is 0.848. The van der Waals surface area contributed by atoms with Gasteiger partial charge in [-0.05, 0) is 33.5 Å². The monoisotopic (exact) mass is 225 g/mol. The topological polar surface area (TPSA) is 28.2 Å². The van der Waals surface area contributed by atoms with Crippen LogP contribution in [0.15, 0.2) is 6.20 Å². The summed E-state index contributed by atoms with van der Waals surface area (Å²) in [5, 5.41) is 4.49. The summed E-state index contributed by atoms with van der Waals surface area (Å²) >= 11 is 1.87. The van der Waals surface area contributed by atoms with Crippen LogP contribution in [-0.2, 0) is 6.54 Å². The molecule has 0 bridgehead atoms. The average molecular weight is 225 g/mol. The van der Waals surface area contributed by atoms with E-state index in [1.165, 1.54) is 35.8 Å². The van der Waals surface area contributed by atoms with Gasteiger partial charge in [0.2, 0.25) is 0 Å². The zero-order valence-corrected chi connectivity index (χ0v) is 10.3. The van der Waals surface area contributed by atoms with Gasteiger partial charge in [0.25, 0.3) is 0 Å². The van der Waals surface area contributed by atoms with Crippen molar-refractivity contribution in [3.8, 4) is 0 Å². The zero-order valence-electron chi connectivity index (χ0n) is 9.49. The van der Waals surface area contributed by atoms with Crippen LogP contribution in [0, 0.1) is 0 Å². The van der Waals surface area contributed by atoms with E-state index in [4.69, 9.17) is 0 Å². The molecule has 1 unspecified atom stereocenters. The van der Waals surface area contributed by atoms with Crippen LogP contribution in [0.1, 0.15) is 28.6 Å². The lowest BCUT2D eigenvalue weighted by Crippen LogP contribution is -2.30. The van der Waals surface area contributed by atoms with Gasteiger partial charge < -0.3 is 10.2 Å². The second-order valence-electron chi connectivity index (χ2n) is 4.30. The van der Waals surface area contributed by atoms with Gasteiger partial charge in [0.15, 0.2) is 0 Å². The summed E-state index contributed by atoms with van der Waals surface area (Å²) in [7, 11) is 4.18. The van der Waals surface area contributed by atoms with Crippen molar-refractivity contribution in [2.75, 3.05) is 27.2 Å². The molecule has 2 rings (SSSR count). The first-order chi connectivity index (χ1) is 7.29. The number of piperidine rings is 1. The van der Waals surface area contributed by atoms with Crippen LogP contribution in [0.3, 0.4) is 0 Å². The lowest BCUT2D eigenvalue weighted by Gasteiger charge is -2.28. The summed E-state index contributed by atoms with van der Waals surface area (Å²) in [4.78, 5) is 8.30. The lowest BCUT2D eigenvalue weighted by molar-refractivity contribution is 0.250. The molecular formula is C11H19N3S. The molecule has 4 heteroatoms. The predicted molar refractivity (Wildman–Crippen MR) is 64.3 cm³/mol. The Morgan fingerprint density at radius 3 is 3.27 bits per heavy atom. The van der Waals surface area contributed by atoms with Crippen LogP contribution in [0.4, 0.5) is 0 Å². The highest BCUT2D eigenvalue weighted by molar-refractivity contribution is 7.11. The van der Waals surface area contributed by atoms with Crippen LogP contribution < -0.4 is 5.32 Å². The summed E-state index contributed by atoms with van der Waals surface area (Å²) < 4.78 is 0. The molecule has 1 fully saturated rings. The van der Waals surface area contributed by atoms with Crippen molar-refractivity contribution < 1.29 is 0 Å². The minimum absolute atomic E-state index is 0.666. The Hall–Kier alpha value is -0.450. The number of aromatic nitrogens is 1. The molecule has 1 aromatic heterocycles. The summed E-state index contributed by atoms with van der Waals surface area (Å²) in [5.41, 5.74) is 0. The third-order valence-corrected chi connectivity index (χ3v) is 4.06. The summed E-state index contributed by atoms with van der Waals surface area (Å²) in [6.45, 7) is 3.36. The standard InChI is InChI=1S/C11H19N3S/c1-12-6-10-7-13-11(15-10)9-4-3-5-14(2)8-9/h7,9,12H,3-6,8H2,1-2H3. The van der Waals surface area contributed by atoms with E-state index in [0.29, 0.717) is 5.92 Å². The number of hydrogen-bond acceptors (Lipinski definition) is 4. The molecule has 0 spiro atoms. The fourth-order valence-electron chi connectivity index (χ4n) is 2.14. The van der Waals surface area contributed by atoms with Crippen molar-refractivity contribution in [2.24, 2.45) is 0 Å². The molecule has 0 amide bonds. The van der Waals surface area contributed by atoms with Gasteiger partial charge in [0.1, 0.15) is 0 Å². The number of hydrogen-bond donors (Lipinski definition) is 1. The molecule has 1 aromatic rings. The van der Waals surface area contributed by atoms with Gasteiger partial charge in [0, 0.05) is 30.1 Å². The van der Waals surface area contributed by atoms with E-state index < -0.39 is 0 Å². The van der Waals surface area contributed by atoms with E-state index in [1.807, 2.05) is 24.6 Å². The second kappa shape index (κ2) is 5.05. The summed E-state index contributed by atoms with van der Waals surface area (Å²) in [5.74, 6) is 0.666. The molecule has 1 saturated heterocycles. The smallest absolute Gasteiger partial charge is 0.0971 e. The first-order valence-electron chi connectivity index (χ1n) is 5.57. The predicted octanol–water partition coefficient (Wildman–Crippen LogP) is 1.67. The van der Waals surface area contributed by atoms with Gasteiger partial charge in [-0.15, -0.1) is 11.3 Å². The van der Waals surface area contributed by atoms with Crippen molar-refractivity contribution >= 4 is 11.3 Å². The minimum atomic E-state index is 0.666. The largest absolute Gasteiger partial charge is 0.315 e. The van der Waals surface area contributed by atoms with E-state index in [9.17, 15) is 0 Å². The van der Waals surface area contributed by atoms with Gasteiger partial charge in [-0.3, -0.25) is 0 Å². The van der Waals surface area contributed by atoms with Crippen LogP contribution >= 0.6 is 11.3 Å². The lowest BCUT2D eigenvalue weighted by atomic mass is 9.99. The van der Waals surface area contributed by atoms with E-state index in [2.05, 4.69) is 22.2 Å². The first-order valence-corrected chi connectivity index (χ1v) is 6.39. The maximum atomic E-state index is 4.54. The van der Waals surface area contributed by atoms with Gasteiger partial charge >= 0.3 is 0 Å². The average Bonchev–Trinajstić information content (AvgIpc) is 2.67. The number of rotatable bonds is 3. The minimum Gasteiger partial charge on any atom is -0.315 e. The van der Waals surface area contributed by atoms with Crippen molar-refractivity contribution in [3.05, 3.63) is 16.1 Å². The Bertz CT molecular complexity index is 311. The van der Waals surface area contributed by atoms with Crippen molar-refractivity contribution in [1.29, 1.82) is 0 Å². The zero-order chi connectivity index (χ0) is 10.7. The summed E-state index contributed by atoms with van der Waals surface area (Å²) in [6, 6.07) is 0. The molecule has 0 aromatic carbocycles. The normalized spacial score (nSPS) is 23.2. The molecule has 1 aliphatic heterocycles. The number of likely N-dealkylation sites (N-methyl/N-ethyl adjacent to an activating group) is 1. The number of nitrogens with one attached hydrogen (secondary N) is 1. The van der Waals surface area contributed by atoms with Crippen molar-refractivity contribution in [3.63, 3.8) is 0 Å². The van der Waals surface area contributed by atoms with Gasteiger partial charge in [0.05, 0.1) is 5.01 Å². The molecule has 1 aliphatic rings. The third kappa shape index (κ3) is 2.77. The van der Waals surface area contributed by atoms with Crippen LogP contribution in [0.2, 0.25) is 0 Å². The molecule has 15 heavy (non-hydrogen) atoms. The van der Waals surface area contributed by atoms with E-state index >= 15 is 0 Å². The fourth-order valence-corrected chi connectivity index (χ4v) is 3.19. The third-order valence-electron chi connectivity index (χ3n) is 2.90. The highest BCUT2D eigenvalue weighted by atomic mass is 32.1. The van der Waals surface area contributed by atoms with Gasteiger partial charge in [-0.25, -0.2) is 4.98 Å². The molecule has 0 saturated carbocycles. The maximum Gasteiger partial charge on any atom is 0.0971 e. The highest BCUT2D eigenvalue weighted by Gasteiger charge is 2.21. The Balaban J connectivity index is 2.01. The van der Waals surface area contributed by atoms with Crippen molar-refractivity contribution in [2.45, 2.75) is 25.3 Å².